The first-order valence-electron chi connectivity index (χ1n) is 6.21. The van der Waals surface area contributed by atoms with Gasteiger partial charge in [0, 0.05) is 0 Å². The number of carbonyl (C=O) groups is 1. The van der Waals surface area contributed by atoms with Gasteiger partial charge in [0.15, 0.2) is 0 Å². The van der Waals surface area contributed by atoms with Crippen molar-refractivity contribution in [3.05, 3.63) is 57.8 Å². The molecule has 0 aliphatic heterocycles. The lowest BCUT2D eigenvalue weighted by Gasteiger charge is -2.04. The maximum atomic E-state index is 11.5. The third-order valence-electron chi connectivity index (χ3n) is 2.61. The molecule has 0 atom stereocenters. The van der Waals surface area contributed by atoms with Gasteiger partial charge in [-0.2, -0.15) is 5.10 Å². The Morgan fingerprint density at radius 1 is 1.35 bits per heavy atom. The summed E-state index contributed by atoms with van der Waals surface area (Å²) in [5, 5.41) is 6.07. The molecule has 1 aromatic carbocycles. The molecule has 20 heavy (non-hydrogen) atoms. The fourth-order valence-corrected chi connectivity index (χ4v) is 2.41. The summed E-state index contributed by atoms with van der Waals surface area (Å²) in [6.45, 7) is 4.11. The smallest absolute Gasteiger partial charge is 0.428 e. The summed E-state index contributed by atoms with van der Waals surface area (Å²) in [5.41, 5.74) is 5.29. The standard InChI is InChI=1S/C15H16N2O2S/c1-11-8-14(20-10-11)12(2)16-17-15(18)19-9-13-6-4-3-5-7-13/h3-8,10H,9H2,1-2H3,(H,17,18). The first kappa shape index (κ1) is 14.3. The summed E-state index contributed by atoms with van der Waals surface area (Å²) in [5.74, 6) is 0. The van der Waals surface area contributed by atoms with Crippen LogP contribution in [0, 0.1) is 6.92 Å². The third-order valence-corrected chi connectivity index (χ3v) is 3.77. The monoisotopic (exact) mass is 288 g/mol. The first-order valence-corrected chi connectivity index (χ1v) is 7.09. The molecule has 2 rings (SSSR count). The van der Waals surface area contributed by atoms with Crippen LogP contribution in [0.3, 0.4) is 0 Å². The summed E-state index contributed by atoms with van der Waals surface area (Å²) in [7, 11) is 0. The number of thiophene rings is 1. The van der Waals surface area contributed by atoms with Crippen LogP contribution in [0.5, 0.6) is 0 Å². The fourth-order valence-electron chi connectivity index (χ4n) is 1.56. The topological polar surface area (TPSA) is 50.7 Å². The Bertz CT molecular complexity index is 605. The lowest BCUT2D eigenvalue weighted by Crippen LogP contribution is -2.20. The van der Waals surface area contributed by atoms with Crippen molar-refractivity contribution in [3.63, 3.8) is 0 Å². The quantitative estimate of drug-likeness (QED) is 0.689. The molecular formula is C15H16N2O2S. The Morgan fingerprint density at radius 2 is 2.10 bits per heavy atom. The minimum absolute atomic E-state index is 0.235. The summed E-state index contributed by atoms with van der Waals surface area (Å²) in [6, 6.07) is 11.5. The normalized spacial score (nSPS) is 11.2. The molecule has 1 heterocycles. The Hall–Kier alpha value is -2.14. The second kappa shape index (κ2) is 6.86. The number of aryl methyl sites for hydroxylation is 1. The van der Waals surface area contributed by atoms with Gasteiger partial charge in [-0.15, -0.1) is 11.3 Å². The van der Waals surface area contributed by atoms with Gasteiger partial charge < -0.3 is 4.74 Å². The number of amides is 1. The highest BCUT2D eigenvalue weighted by molar-refractivity contribution is 7.12. The number of nitrogens with zero attached hydrogens (tertiary/aromatic N) is 1. The molecule has 0 fully saturated rings. The van der Waals surface area contributed by atoms with E-state index in [1.54, 1.807) is 11.3 Å². The van der Waals surface area contributed by atoms with Crippen molar-refractivity contribution in [2.24, 2.45) is 5.10 Å². The zero-order chi connectivity index (χ0) is 14.4. The van der Waals surface area contributed by atoms with Crippen molar-refractivity contribution in [1.82, 2.24) is 5.43 Å². The van der Waals surface area contributed by atoms with Crippen molar-refractivity contribution >= 4 is 23.1 Å². The predicted octanol–water partition coefficient (Wildman–Crippen LogP) is 3.71. The molecule has 0 aliphatic carbocycles. The van der Waals surface area contributed by atoms with Gasteiger partial charge in [-0.3, -0.25) is 0 Å². The highest BCUT2D eigenvalue weighted by Gasteiger charge is 2.04. The number of nitrogens with one attached hydrogen (secondary N) is 1. The van der Waals surface area contributed by atoms with Crippen LogP contribution in [0.2, 0.25) is 0 Å². The van der Waals surface area contributed by atoms with E-state index in [2.05, 4.69) is 10.5 Å². The molecule has 0 saturated heterocycles. The van der Waals surface area contributed by atoms with Crippen molar-refractivity contribution in [3.8, 4) is 0 Å². The molecule has 104 valence electrons. The molecule has 0 saturated carbocycles. The maximum absolute atomic E-state index is 11.5. The summed E-state index contributed by atoms with van der Waals surface area (Å²) < 4.78 is 5.07. The van der Waals surface area contributed by atoms with E-state index in [4.69, 9.17) is 4.74 Å². The lowest BCUT2D eigenvalue weighted by molar-refractivity contribution is 0.140. The zero-order valence-electron chi connectivity index (χ0n) is 11.4. The SMILES string of the molecule is CC(=NNC(=O)OCc1ccccc1)c1cc(C)cs1. The van der Waals surface area contributed by atoms with Gasteiger partial charge in [0.05, 0.1) is 10.6 Å². The van der Waals surface area contributed by atoms with E-state index in [0.717, 1.165) is 16.2 Å². The molecule has 1 amide bonds. The van der Waals surface area contributed by atoms with Crippen LogP contribution in [-0.4, -0.2) is 11.8 Å². The van der Waals surface area contributed by atoms with Crippen molar-refractivity contribution in [1.29, 1.82) is 0 Å². The minimum atomic E-state index is -0.554. The zero-order valence-corrected chi connectivity index (χ0v) is 12.2. The van der Waals surface area contributed by atoms with E-state index in [1.807, 2.05) is 55.6 Å². The van der Waals surface area contributed by atoms with Gasteiger partial charge in [0.1, 0.15) is 6.61 Å². The summed E-state index contributed by atoms with van der Waals surface area (Å²) in [4.78, 5) is 12.6. The van der Waals surface area contributed by atoms with Gasteiger partial charge in [0.25, 0.3) is 0 Å². The molecule has 2 aromatic rings. The summed E-state index contributed by atoms with van der Waals surface area (Å²) in [6.07, 6.45) is -0.554. The number of ether oxygens (including phenoxy) is 1. The van der Waals surface area contributed by atoms with Crippen LogP contribution in [0.15, 0.2) is 46.9 Å². The number of benzene rings is 1. The van der Waals surface area contributed by atoms with Crippen LogP contribution in [0.4, 0.5) is 4.79 Å². The van der Waals surface area contributed by atoms with E-state index >= 15 is 0 Å². The van der Waals surface area contributed by atoms with E-state index in [9.17, 15) is 4.79 Å². The molecule has 1 N–H and O–H groups in total. The van der Waals surface area contributed by atoms with Gasteiger partial charge in [0.2, 0.25) is 0 Å². The van der Waals surface area contributed by atoms with Gasteiger partial charge in [-0.05, 0) is 36.4 Å². The van der Waals surface area contributed by atoms with E-state index < -0.39 is 6.09 Å². The van der Waals surface area contributed by atoms with Crippen LogP contribution in [0.25, 0.3) is 0 Å². The molecule has 0 aliphatic rings. The molecule has 5 heteroatoms. The van der Waals surface area contributed by atoms with Gasteiger partial charge >= 0.3 is 6.09 Å². The number of carbonyl (C=O) groups excluding carboxylic acids is 1. The number of hydrogen-bond acceptors (Lipinski definition) is 4. The van der Waals surface area contributed by atoms with Gasteiger partial charge in [-0.1, -0.05) is 30.3 Å². The van der Waals surface area contributed by atoms with E-state index in [0.29, 0.717) is 0 Å². The molecule has 1 aromatic heterocycles. The van der Waals surface area contributed by atoms with Crippen molar-refractivity contribution in [2.75, 3.05) is 0 Å². The number of hydrogen-bond donors (Lipinski definition) is 1. The predicted molar refractivity (Wildman–Crippen MR) is 81.0 cm³/mol. The van der Waals surface area contributed by atoms with Crippen molar-refractivity contribution in [2.45, 2.75) is 20.5 Å². The maximum Gasteiger partial charge on any atom is 0.428 e. The van der Waals surface area contributed by atoms with Crippen LogP contribution < -0.4 is 5.43 Å². The van der Waals surface area contributed by atoms with Crippen molar-refractivity contribution < 1.29 is 9.53 Å². The molecule has 4 nitrogen and oxygen atoms in total. The molecule has 0 bridgehead atoms. The van der Waals surface area contributed by atoms with Crippen LogP contribution in [-0.2, 0) is 11.3 Å². The van der Waals surface area contributed by atoms with Crippen LogP contribution in [0.1, 0.15) is 22.9 Å². The molecule has 0 unspecified atom stereocenters. The Balaban J connectivity index is 1.83. The lowest BCUT2D eigenvalue weighted by atomic mass is 10.2. The Labute approximate surface area is 122 Å². The highest BCUT2D eigenvalue weighted by Crippen LogP contribution is 2.14. The molecule has 0 spiro atoms. The fraction of sp³-hybridized carbons (Fsp3) is 0.200. The Kier molecular flexibility index (Phi) is 4.90. The summed E-state index contributed by atoms with van der Waals surface area (Å²) >= 11 is 1.60. The minimum Gasteiger partial charge on any atom is -0.443 e. The number of hydrazone groups is 1. The highest BCUT2D eigenvalue weighted by atomic mass is 32.1. The molecular weight excluding hydrogens is 272 g/mol. The van der Waals surface area contributed by atoms with E-state index in [-0.39, 0.29) is 6.61 Å². The van der Waals surface area contributed by atoms with E-state index in [1.165, 1.54) is 5.56 Å². The average Bonchev–Trinajstić information content (AvgIpc) is 2.90. The second-order valence-corrected chi connectivity index (χ2v) is 5.27. The van der Waals surface area contributed by atoms with Gasteiger partial charge in [-0.25, -0.2) is 10.2 Å². The Morgan fingerprint density at radius 3 is 2.75 bits per heavy atom. The first-order chi connectivity index (χ1) is 9.65. The molecule has 0 radical (unpaired) electrons. The second-order valence-electron chi connectivity index (χ2n) is 4.36. The largest absolute Gasteiger partial charge is 0.443 e. The number of rotatable bonds is 4. The van der Waals surface area contributed by atoms with Crippen LogP contribution >= 0.6 is 11.3 Å². The average molecular weight is 288 g/mol. The third kappa shape index (κ3) is 4.20.